The number of nitrogens with one attached hydrogen (secondary N) is 1. The second-order valence-electron chi connectivity index (χ2n) is 5.86. The molecule has 1 aliphatic heterocycles. The fraction of sp³-hybridized carbons (Fsp3) is 0.389. The molecule has 5 heteroatoms. The predicted octanol–water partition coefficient (Wildman–Crippen LogP) is 4.55. The van der Waals surface area contributed by atoms with Crippen molar-refractivity contribution in [3.05, 3.63) is 46.2 Å². The molecule has 1 atom stereocenters. The van der Waals surface area contributed by atoms with Gasteiger partial charge >= 0.3 is 0 Å². The molecule has 0 spiro atoms. The maximum Gasteiger partial charge on any atom is 0.238 e. The molecule has 1 unspecified atom stereocenters. The maximum atomic E-state index is 12.4. The molecular weight excluding hydrogens is 324 g/mol. The standard InChI is InChI=1S/C18H22N2OS2/c1-13-8-9-17(23-13)16-7-4-10-20(16)12-18(21)19-14-5-3-6-15(11-14)22-2/h3,5-6,8-9,11,16H,4,7,10,12H2,1-2H3,(H,19,21). The molecule has 1 saturated heterocycles. The Morgan fingerprint density at radius 2 is 2.26 bits per heavy atom. The molecule has 3 rings (SSSR count). The van der Waals surface area contributed by atoms with Gasteiger partial charge in [-0.3, -0.25) is 9.69 Å². The molecule has 122 valence electrons. The van der Waals surface area contributed by atoms with Gasteiger partial charge in [0.1, 0.15) is 0 Å². The number of carbonyl (C=O) groups excluding carboxylic acids is 1. The van der Waals surface area contributed by atoms with Crippen molar-refractivity contribution in [1.29, 1.82) is 0 Å². The molecule has 0 radical (unpaired) electrons. The van der Waals surface area contributed by atoms with Crippen molar-refractivity contribution in [1.82, 2.24) is 4.90 Å². The van der Waals surface area contributed by atoms with E-state index in [1.807, 2.05) is 35.8 Å². The first-order valence-electron chi connectivity index (χ1n) is 7.90. The Labute approximate surface area is 146 Å². The number of nitrogens with zero attached hydrogens (tertiary/aromatic N) is 1. The van der Waals surface area contributed by atoms with E-state index < -0.39 is 0 Å². The highest BCUT2D eigenvalue weighted by molar-refractivity contribution is 7.98. The van der Waals surface area contributed by atoms with Gasteiger partial charge in [0.05, 0.1) is 6.54 Å². The van der Waals surface area contributed by atoms with Crippen LogP contribution in [0.1, 0.15) is 28.6 Å². The van der Waals surface area contributed by atoms with Crippen LogP contribution in [0.5, 0.6) is 0 Å². The van der Waals surface area contributed by atoms with Crippen LogP contribution in [0.25, 0.3) is 0 Å². The van der Waals surface area contributed by atoms with E-state index in [2.05, 4.69) is 35.3 Å². The van der Waals surface area contributed by atoms with Crippen molar-refractivity contribution in [3.63, 3.8) is 0 Å². The van der Waals surface area contributed by atoms with Crippen LogP contribution in [0.2, 0.25) is 0 Å². The van der Waals surface area contributed by atoms with Gasteiger partial charge in [0, 0.05) is 26.4 Å². The number of rotatable bonds is 5. The Bertz CT molecular complexity index is 683. The molecule has 0 aliphatic carbocycles. The lowest BCUT2D eigenvalue weighted by atomic mass is 10.2. The van der Waals surface area contributed by atoms with E-state index >= 15 is 0 Å². The van der Waals surface area contributed by atoms with Gasteiger partial charge in [-0.15, -0.1) is 23.1 Å². The van der Waals surface area contributed by atoms with Crippen LogP contribution < -0.4 is 5.32 Å². The summed E-state index contributed by atoms with van der Waals surface area (Å²) in [5.74, 6) is 0.0726. The number of aryl methyl sites for hydroxylation is 1. The van der Waals surface area contributed by atoms with Crippen molar-refractivity contribution >= 4 is 34.7 Å². The summed E-state index contributed by atoms with van der Waals surface area (Å²) in [7, 11) is 0. The summed E-state index contributed by atoms with van der Waals surface area (Å²) in [6, 6.07) is 12.8. The number of hydrogen-bond donors (Lipinski definition) is 1. The van der Waals surface area contributed by atoms with E-state index in [4.69, 9.17) is 0 Å². The van der Waals surface area contributed by atoms with Gasteiger partial charge in [-0.25, -0.2) is 0 Å². The Morgan fingerprint density at radius 3 is 3.00 bits per heavy atom. The molecule has 1 N–H and O–H groups in total. The summed E-state index contributed by atoms with van der Waals surface area (Å²) in [6.07, 6.45) is 4.35. The van der Waals surface area contributed by atoms with E-state index in [1.54, 1.807) is 11.8 Å². The van der Waals surface area contributed by atoms with Crippen LogP contribution in [0.3, 0.4) is 0 Å². The summed E-state index contributed by atoms with van der Waals surface area (Å²) in [6.45, 7) is 3.60. The van der Waals surface area contributed by atoms with E-state index in [0.717, 1.165) is 30.0 Å². The van der Waals surface area contributed by atoms with E-state index in [9.17, 15) is 4.79 Å². The Balaban J connectivity index is 1.62. The number of thioether (sulfide) groups is 1. The van der Waals surface area contributed by atoms with Crippen molar-refractivity contribution in [2.24, 2.45) is 0 Å². The second kappa shape index (κ2) is 7.51. The highest BCUT2D eigenvalue weighted by Crippen LogP contribution is 2.35. The molecule has 1 fully saturated rings. The number of benzene rings is 1. The number of thiophene rings is 1. The molecule has 1 aromatic carbocycles. The minimum Gasteiger partial charge on any atom is -0.325 e. The minimum absolute atomic E-state index is 0.0726. The Kier molecular flexibility index (Phi) is 5.41. The first kappa shape index (κ1) is 16.6. The van der Waals surface area contributed by atoms with Crippen LogP contribution in [-0.4, -0.2) is 30.2 Å². The SMILES string of the molecule is CSc1cccc(NC(=O)CN2CCCC2c2ccc(C)s2)c1. The summed E-state index contributed by atoms with van der Waals surface area (Å²) in [5.41, 5.74) is 0.879. The normalized spacial score (nSPS) is 18.3. The summed E-state index contributed by atoms with van der Waals surface area (Å²) in [4.78, 5) is 18.6. The number of amides is 1. The molecule has 2 aromatic rings. The van der Waals surface area contributed by atoms with Crippen LogP contribution in [0, 0.1) is 6.92 Å². The molecule has 2 heterocycles. The minimum atomic E-state index is 0.0726. The number of hydrogen-bond acceptors (Lipinski definition) is 4. The third-order valence-corrected chi connectivity index (χ3v) is 5.98. The van der Waals surface area contributed by atoms with E-state index in [1.165, 1.54) is 9.75 Å². The van der Waals surface area contributed by atoms with Gasteiger partial charge in [0.15, 0.2) is 0 Å². The van der Waals surface area contributed by atoms with Crippen molar-refractivity contribution < 1.29 is 4.79 Å². The van der Waals surface area contributed by atoms with Crippen molar-refractivity contribution in [2.75, 3.05) is 24.7 Å². The third kappa shape index (κ3) is 4.16. The lowest BCUT2D eigenvalue weighted by Gasteiger charge is -2.23. The topological polar surface area (TPSA) is 32.3 Å². The van der Waals surface area contributed by atoms with Crippen LogP contribution >= 0.6 is 23.1 Å². The maximum absolute atomic E-state index is 12.4. The van der Waals surface area contributed by atoms with Crippen LogP contribution in [0.15, 0.2) is 41.3 Å². The molecule has 23 heavy (non-hydrogen) atoms. The van der Waals surface area contributed by atoms with Gasteiger partial charge in [-0.05, 0) is 62.9 Å². The molecule has 1 aromatic heterocycles. The molecular formula is C18H22N2OS2. The van der Waals surface area contributed by atoms with Gasteiger partial charge in [0.2, 0.25) is 5.91 Å². The van der Waals surface area contributed by atoms with Crippen molar-refractivity contribution in [3.8, 4) is 0 Å². The zero-order valence-corrected chi connectivity index (χ0v) is 15.2. The van der Waals surface area contributed by atoms with Gasteiger partial charge in [-0.2, -0.15) is 0 Å². The molecule has 0 saturated carbocycles. The lowest BCUT2D eigenvalue weighted by Crippen LogP contribution is -2.32. The molecule has 0 bridgehead atoms. The number of anilines is 1. The quantitative estimate of drug-likeness (QED) is 0.806. The molecule has 3 nitrogen and oxygen atoms in total. The predicted molar refractivity (Wildman–Crippen MR) is 99.5 cm³/mol. The van der Waals surface area contributed by atoms with Gasteiger partial charge in [-0.1, -0.05) is 6.07 Å². The van der Waals surface area contributed by atoms with Gasteiger partial charge in [0.25, 0.3) is 0 Å². The third-order valence-electron chi connectivity index (χ3n) is 4.15. The monoisotopic (exact) mass is 346 g/mol. The lowest BCUT2D eigenvalue weighted by molar-refractivity contribution is -0.117. The second-order valence-corrected chi connectivity index (χ2v) is 8.06. The van der Waals surface area contributed by atoms with Crippen LogP contribution in [-0.2, 0) is 4.79 Å². The zero-order valence-electron chi connectivity index (χ0n) is 13.5. The first-order valence-corrected chi connectivity index (χ1v) is 9.94. The summed E-state index contributed by atoms with van der Waals surface area (Å²) >= 11 is 3.53. The fourth-order valence-corrected chi connectivity index (χ4v) is 4.56. The average molecular weight is 347 g/mol. The van der Waals surface area contributed by atoms with E-state index in [0.29, 0.717) is 12.6 Å². The van der Waals surface area contributed by atoms with Gasteiger partial charge < -0.3 is 5.32 Å². The fourth-order valence-electron chi connectivity index (χ4n) is 3.06. The number of likely N-dealkylation sites (tertiary alicyclic amines) is 1. The average Bonchev–Trinajstić information content (AvgIpc) is 3.16. The Morgan fingerprint density at radius 1 is 1.39 bits per heavy atom. The van der Waals surface area contributed by atoms with E-state index in [-0.39, 0.29) is 5.91 Å². The highest BCUT2D eigenvalue weighted by atomic mass is 32.2. The highest BCUT2D eigenvalue weighted by Gasteiger charge is 2.28. The van der Waals surface area contributed by atoms with Crippen LogP contribution in [0.4, 0.5) is 5.69 Å². The molecule has 1 aliphatic rings. The first-order chi connectivity index (χ1) is 11.2. The number of carbonyl (C=O) groups is 1. The zero-order chi connectivity index (χ0) is 16.2. The van der Waals surface area contributed by atoms with Crippen molar-refractivity contribution in [2.45, 2.75) is 30.7 Å². The smallest absolute Gasteiger partial charge is 0.238 e. The molecule has 1 amide bonds. The summed E-state index contributed by atoms with van der Waals surface area (Å²) < 4.78 is 0. The largest absolute Gasteiger partial charge is 0.325 e. The Hall–Kier alpha value is -1.30. The summed E-state index contributed by atoms with van der Waals surface area (Å²) in [5, 5.41) is 3.03.